The van der Waals surface area contributed by atoms with Crippen molar-refractivity contribution >= 4 is 11.1 Å². The van der Waals surface area contributed by atoms with Crippen molar-refractivity contribution in [3.63, 3.8) is 0 Å². The van der Waals surface area contributed by atoms with Crippen molar-refractivity contribution in [2.75, 3.05) is 0 Å². The van der Waals surface area contributed by atoms with Crippen molar-refractivity contribution < 1.29 is 22.7 Å². The van der Waals surface area contributed by atoms with Gasteiger partial charge >= 0.3 is 6.18 Å². The molecule has 102 valence electrons. The third kappa shape index (κ3) is 2.09. The Labute approximate surface area is 111 Å². The highest BCUT2D eigenvalue weighted by atomic mass is 19.4. The van der Waals surface area contributed by atoms with Crippen LogP contribution in [-0.4, -0.2) is 10.1 Å². The Balaban J connectivity index is 2.21. The number of fused-ring (bicyclic) bond motifs is 1. The number of aromatic hydroxyl groups is 1. The fraction of sp³-hybridized carbons (Fsp3) is 0.0714. The number of nitrogens with zero attached hydrogens (tertiary/aromatic N) is 1. The number of rotatable bonds is 1. The monoisotopic (exact) mass is 279 g/mol. The zero-order valence-electron chi connectivity index (χ0n) is 9.98. The third-order valence-corrected chi connectivity index (χ3v) is 2.83. The summed E-state index contributed by atoms with van der Waals surface area (Å²) in [4.78, 5) is 4.02. The fourth-order valence-electron chi connectivity index (χ4n) is 1.95. The molecule has 0 bridgehead atoms. The van der Waals surface area contributed by atoms with E-state index in [2.05, 4.69) is 4.98 Å². The minimum Gasteiger partial charge on any atom is -0.508 e. The summed E-state index contributed by atoms with van der Waals surface area (Å²) in [6.45, 7) is 0. The standard InChI is InChI=1S/C14H8F3NO2/c15-14(16,17)10-4-2-1-3-9(10)13-18-11-6-5-8(19)7-12(11)20-13/h1-7,19H. The van der Waals surface area contributed by atoms with E-state index >= 15 is 0 Å². The highest BCUT2D eigenvalue weighted by Gasteiger charge is 2.34. The van der Waals surface area contributed by atoms with E-state index in [0.717, 1.165) is 6.07 Å². The maximum Gasteiger partial charge on any atom is 0.417 e. The van der Waals surface area contributed by atoms with Gasteiger partial charge in [0.1, 0.15) is 11.3 Å². The smallest absolute Gasteiger partial charge is 0.417 e. The molecule has 0 aliphatic rings. The van der Waals surface area contributed by atoms with Crippen molar-refractivity contribution in [3.05, 3.63) is 48.0 Å². The Kier molecular flexibility index (Phi) is 2.67. The first-order valence-electron chi connectivity index (χ1n) is 5.71. The molecule has 0 fully saturated rings. The largest absolute Gasteiger partial charge is 0.508 e. The quantitative estimate of drug-likeness (QED) is 0.725. The number of benzene rings is 2. The van der Waals surface area contributed by atoms with Crippen molar-refractivity contribution in [2.45, 2.75) is 6.18 Å². The van der Waals surface area contributed by atoms with Crippen LogP contribution in [0.3, 0.4) is 0 Å². The molecule has 0 amide bonds. The van der Waals surface area contributed by atoms with Gasteiger partial charge in [0.25, 0.3) is 0 Å². The molecule has 1 N–H and O–H groups in total. The number of hydrogen-bond acceptors (Lipinski definition) is 3. The Bertz CT molecular complexity index is 777. The first kappa shape index (κ1) is 12.5. The summed E-state index contributed by atoms with van der Waals surface area (Å²) in [5, 5.41) is 9.33. The minimum absolute atomic E-state index is 0.0377. The zero-order chi connectivity index (χ0) is 14.3. The van der Waals surface area contributed by atoms with Gasteiger partial charge < -0.3 is 9.52 Å². The van der Waals surface area contributed by atoms with E-state index in [4.69, 9.17) is 4.42 Å². The van der Waals surface area contributed by atoms with Gasteiger partial charge in [-0.25, -0.2) is 4.98 Å². The Morgan fingerprint density at radius 1 is 1.05 bits per heavy atom. The molecule has 0 atom stereocenters. The van der Waals surface area contributed by atoms with Crippen LogP contribution >= 0.6 is 0 Å². The molecule has 20 heavy (non-hydrogen) atoms. The predicted molar refractivity (Wildman–Crippen MR) is 66.1 cm³/mol. The SMILES string of the molecule is Oc1ccc2nc(-c3ccccc3C(F)(F)F)oc2c1. The van der Waals surface area contributed by atoms with Crippen LogP contribution in [0.4, 0.5) is 13.2 Å². The lowest BCUT2D eigenvalue weighted by Crippen LogP contribution is -2.06. The summed E-state index contributed by atoms with van der Waals surface area (Å²) >= 11 is 0. The predicted octanol–water partition coefficient (Wildman–Crippen LogP) is 4.22. The van der Waals surface area contributed by atoms with Crippen LogP contribution in [0.5, 0.6) is 5.75 Å². The van der Waals surface area contributed by atoms with Crippen molar-refractivity contribution in [2.24, 2.45) is 0 Å². The summed E-state index contributed by atoms with van der Waals surface area (Å²) in [5.41, 5.74) is -0.321. The lowest BCUT2D eigenvalue weighted by Gasteiger charge is -2.09. The molecule has 0 saturated heterocycles. The summed E-state index contributed by atoms with van der Waals surface area (Å²) in [7, 11) is 0. The Morgan fingerprint density at radius 2 is 1.80 bits per heavy atom. The first-order chi connectivity index (χ1) is 9.45. The molecule has 3 rings (SSSR count). The van der Waals surface area contributed by atoms with E-state index in [1.165, 1.54) is 36.4 Å². The molecule has 1 aromatic heterocycles. The Morgan fingerprint density at radius 3 is 2.55 bits per heavy atom. The van der Waals surface area contributed by atoms with Gasteiger partial charge in [-0.3, -0.25) is 0 Å². The van der Waals surface area contributed by atoms with Crippen LogP contribution in [0, 0.1) is 0 Å². The lowest BCUT2D eigenvalue weighted by atomic mass is 10.1. The van der Waals surface area contributed by atoms with Crippen LogP contribution in [0.1, 0.15) is 5.56 Å². The first-order valence-corrected chi connectivity index (χ1v) is 5.71. The van der Waals surface area contributed by atoms with E-state index in [-0.39, 0.29) is 22.8 Å². The van der Waals surface area contributed by atoms with Gasteiger partial charge in [0, 0.05) is 11.6 Å². The van der Waals surface area contributed by atoms with E-state index < -0.39 is 11.7 Å². The van der Waals surface area contributed by atoms with Gasteiger partial charge in [-0.05, 0) is 24.3 Å². The number of oxazole rings is 1. The molecule has 3 nitrogen and oxygen atoms in total. The number of halogens is 3. The molecular weight excluding hydrogens is 271 g/mol. The van der Waals surface area contributed by atoms with Crippen LogP contribution < -0.4 is 0 Å². The van der Waals surface area contributed by atoms with E-state index in [1.807, 2.05) is 0 Å². The van der Waals surface area contributed by atoms with Crippen LogP contribution in [0.25, 0.3) is 22.6 Å². The van der Waals surface area contributed by atoms with Crippen LogP contribution in [-0.2, 0) is 6.18 Å². The molecule has 6 heteroatoms. The van der Waals surface area contributed by atoms with E-state index in [0.29, 0.717) is 5.52 Å². The molecule has 3 aromatic rings. The van der Waals surface area contributed by atoms with Gasteiger partial charge in [-0.15, -0.1) is 0 Å². The maximum atomic E-state index is 12.9. The molecule has 0 saturated carbocycles. The van der Waals surface area contributed by atoms with Gasteiger partial charge in [0.05, 0.1) is 5.56 Å². The molecule has 0 radical (unpaired) electrons. The number of phenolic OH excluding ortho intramolecular Hbond substituents is 1. The van der Waals surface area contributed by atoms with Crippen LogP contribution in [0.15, 0.2) is 46.9 Å². The maximum absolute atomic E-state index is 12.9. The second-order valence-electron chi connectivity index (χ2n) is 4.21. The minimum atomic E-state index is -4.49. The summed E-state index contributed by atoms with van der Waals surface area (Å²) < 4.78 is 44.1. The lowest BCUT2D eigenvalue weighted by molar-refractivity contribution is -0.137. The molecule has 0 unspecified atom stereocenters. The molecule has 0 aliphatic carbocycles. The van der Waals surface area contributed by atoms with Crippen LogP contribution in [0.2, 0.25) is 0 Å². The second kappa shape index (κ2) is 4.26. The molecule has 0 aliphatic heterocycles. The second-order valence-corrected chi connectivity index (χ2v) is 4.21. The van der Waals surface area contributed by atoms with Gasteiger partial charge in [-0.2, -0.15) is 13.2 Å². The number of hydrogen-bond donors (Lipinski definition) is 1. The Hall–Kier alpha value is -2.50. The topological polar surface area (TPSA) is 46.3 Å². The van der Waals surface area contributed by atoms with Gasteiger partial charge in [0.2, 0.25) is 5.89 Å². The van der Waals surface area contributed by atoms with Crippen molar-refractivity contribution in [1.82, 2.24) is 4.98 Å². The van der Waals surface area contributed by atoms with E-state index in [9.17, 15) is 18.3 Å². The summed E-state index contributed by atoms with van der Waals surface area (Å²) in [6, 6.07) is 9.24. The van der Waals surface area contributed by atoms with Crippen molar-refractivity contribution in [1.29, 1.82) is 0 Å². The normalized spacial score (nSPS) is 11.9. The molecule has 0 spiro atoms. The fourth-order valence-corrected chi connectivity index (χ4v) is 1.95. The third-order valence-electron chi connectivity index (χ3n) is 2.83. The van der Waals surface area contributed by atoms with Gasteiger partial charge in [0.15, 0.2) is 5.58 Å². The average molecular weight is 279 g/mol. The molecule has 1 heterocycles. The average Bonchev–Trinajstić information content (AvgIpc) is 2.80. The van der Waals surface area contributed by atoms with Gasteiger partial charge in [-0.1, -0.05) is 12.1 Å². The summed E-state index contributed by atoms with van der Waals surface area (Å²) in [5.74, 6) is -0.164. The molecule has 2 aromatic carbocycles. The highest BCUT2D eigenvalue weighted by molar-refractivity contribution is 5.78. The summed E-state index contributed by atoms with van der Waals surface area (Å²) in [6.07, 6.45) is -4.49. The number of aromatic nitrogens is 1. The highest BCUT2D eigenvalue weighted by Crippen LogP contribution is 2.37. The molecular formula is C14H8F3NO2. The number of alkyl halides is 3. The number of phenols is 1. The van der Waals surface area contributed by atoms with Crippen molar-refractivity contribution in [3.8, 4) is 17.2 Å². The van der Waals surface area contributed by atoms with E-state index in [1.54, 1.807) is 0 Å². The zero-order valence-corrected chi connectivity index (χ0v) is 9.98.